The normalized spacial score (nSPS) is 18.9. The molecule has 0 spiro atoms. The van der Waals surface area contributed by atoms with E-state index in [4.69, 9.17) is 27.9 Å². The number of fused-ring (bicyclic) bond motifs is 1. The van der Waals surface area contributed by atoms with Gasteiger partial charge in [-0.1, -0.05) is 59.6 Å². The quantitative estimate of drug-likeness (QED) is 0.371. The molecule has 0 bridgehead atoms. The summed E-state index contributed by atoms with van der Waals surface area (Å²) in [5.74, 6) is -0.246. The highest BCUT2D eigenvalue weighted by atomic mass is 35.5. The first kappa shape index (κ1) is 26.6. The van der Waals surface area contributed by atoms with Crippen molar-refractivity contribution in [3.63, 3.8) is 0 Å². The second-order valence-corrected chi connectivity index (χ2v) is 11.3. The molecule has 0 aromatic heterocycles. The number of carbonyl (C=O) groups excluding carboxylic acids is 1. The minimum absolute atomic E-state index is 0.0422. The molecule has 5 nitrogen and oxygen atoms in total. The van der Waals surface area contributed by atoms with Gasteiger partial charge in [-0.2, -0.15) is 0 Å². The van der Waals surface area contributed by atoms with Crippen LogP contribution in [0.5, 0.6) is 0 Å². The Morgan fingerprint density at radius 2 is 1.47 bits per heavy atom. The predicted octanol–water partition coefficient (Wildman–Crippen LogP) is 6.43. The number of ether oxygens (including phenoxy) is 1. The van der Waals surface area contributed by atoms with Crippen molar-refractivity contribution in [2.45, 2.75) is 57.6 Å². The third-order valence-electron chi connectivity index (χ3n) is 6.49. The van der Waals surface area contributed by atoms with Gasteiger partial charge in [-0.15, -0.1) is 0 Å². The molecule has 1 amide bonds. The molecule has 0 aliphatic carbocycles. The minimum Gasteiger partial charge on any atom is -0.388 e. The fourth-order valence-corrected chi connectivity index (χ4v) is 4.87. The van der Waals surface area contributed by atoms with Crippen molar-refractivity contribution >= 4 is 29.1 Å². The van der Waals surface area contributed by atoms with Crippen molar-refractivity contribution in [1.82, 2.24) is 4.90 Å². The molecule has 2 N–H and O–H groups in total. The third kappa shape index (κ3) is 4.91. The lowest BCUT2D eigenvalue weighted by molar-refractivity contribution is -0.157. The third-order valence-corrected chi connectivity index (χ3v) is 6.99. The monoisotopic (exact) mass is 527 g/mol. The highest BCUT2D eigenvalue weighted by Gasteiger charge is 2.55. The van der Waals surface area contributed by atoms with Gasteiger partial charge in [-0.25, -0.2) is 0 Å². The fraction of sp³-hybridized carbons (Fsp3) is 0.345. The van der Waals surface area contributed by atoms with Crippen LogP contribution in [0.1, 0.15) is 73.3 Å². The summed E-state index contributed by atoms with van der Waals surface area (Å²) in [7, 11) is 0. The Morgan fingerprint density at radius 1 is 0.917 bits per heavy atom. The van der Waals surface area contributed by atoms with Crippen molar-refractivity contribution in [2.75, 3.05) is 6.61 Å². The predicted molar refractivity (Wildman–Crippen MR) is 142 cm³/mol. The second kappa shape index (κ2) is 9.47. The summed E-state index contributed by atoms with van der Waals surface area (Å²) >= 11 is 12.4. The van der Waals surface area contributed by atoms with Crippen molar-refractivity contribution in [2.24, 2.45) is 0 Å². The average molecular weight is 528 g/mol. The molecule has 0 unspecified atom stereocenters. The van der Waals surface area contributed by atoms with Gasteiger partial charge >= 0.3 is 0 Å². The molecule has 190 valence electrons. The maximum absolute atomic E-state index is 14.2. The zero-order valence-corrected chi connectivity index (χ0v) is 22.6. The first-order chi connectivity index (χ1) is 16.7. The molecule has 36 heavy (non-hydrogen) atoms. The second-order valence-electron chi connectivity index (χ2n) is 10.5. The average Bonchev–Trinajstić information content (AvgIpc) is 3.05. The first-order valence-corrected chi connectivity index (χ1v) is 12.6. The number of carbonyl (C=O) groups is 1. The van der Waals surface area contributed by atoms with Gasteiger partial charge in [-0.05, 0) is 76.1 Å². The number of hydrogen-bond acceptors (Lipinski definition) is 4. The number of hydrogen-bond donors (Lipinski definition) is 2. The van der Waals surface area contributed by atoms with E-state index >= 15 is 0 Å². The van der Waals surface area contributed by atoms with Gasteiger partial charge < -0.3 is 14.9 Å². The number of aliphatic hydroxyl groups is 2. The molecule has 1 aliphatic heterocycles. The zero-order chi connectivity index (χ0) is 26.5. The molecule has 2 atom stereocenters. The van der Waals surface area contributed by atoms with Crippen LogP contribution in [0.25, 0.3) is 0 Å². The molecule has 0 fully saturated rings. The van der Waals surface area contributed by atoms with E-state index in [1.54, 1.807) is 69.0 Å². The Balaban J connectivity index is 2.00. The molecule has 1 aliphatic rings. The molecule has 0 saturated carbocycles. The van der Waals surface area contributed by atoms with Crippen LogP contribution in [0, 0.1) is 0 Å². The van der Waals surface area contributed by atoms with E-state index in [1.807, 2.05) is 37.3 Å². The molecule has 1 heterocycles. The van der Waals surface area contributed by atoms with Crippen molar-refractivity contribution in [3.8, 4) is 0 Å². The van der Waals surface area contributed by atoms with E-state index in [-0.39, 0.29) is 12.5 Å². The maximum Gasteiger partial charge on any atom is 0.257 e. The lowest BCUT2D eigenvalue weighted by Crippen LogP contribution is -2.50. The SMILES string of the molecule is C[C@@H](c1ccc(Cl)cc1)N1C(=O)c2cc(C(C)(C)O)ccc2[C@]1(OCC(C)(C)O)c1ccc(Cl)cc1. The smallest absolute Gasteiger partial charge is 0.257 e. The van der Waals surface area contributed by atoms with Crippen LogP contribution >= 0.6 is 23.2 Å². The van der Waals surface area contributed by atoms with Crippen LogP contribution in [0.3, 0.4) is 0 Å². The lowest BCUT2D eigenvalue weighted by atomic mass is 9.88. The molecule has 7 heteroatoms. The van der Waals surface area contributed by atoms with Crippen LogP contribution in [0.4, 0.5) is 0 Å². The minimum atomic E-state index is -1.35. The van der Waals surface area contributed by atoms with Gasteiger partial charge in [-0.3, -0.25) is 9.69 Å². The van der Waals surface area contributed by atoms with Crippen molar-refractivity contribution in [3.05, 3.63) is 105 Å². The van der Waals surface area contributed by atoms with Crippen LogP contribution in [-0.2, 0) is 16.1 Å². The summed E-state index contributed by atoms with van der Waals surface area (Å²) in [5.41, 5.74) is -0.408. The summed E-state index contributed by atoms with van der Waals surface area (Å²) in [6.07, 6.45) is 0. The highest BCUT2D eigenvalue weighted by Crippen LogP contribution is 2.50. The van der Waals surface area contributed by atoms with Crippen molar-refractivity contribution < 1.29 is 19.7 Å². The van der Waals surface area contributed by atoms with Gasteiger partial charge in [0.2, 0.25) is 0 Å². The fourth-order valence-electron chi connectivity index (χ4n) is 4.62. The lowest BCUT2D eigenvalue weighted by Gasteiger charge is -2.44. The number of nitrogens with zero attached hydrogens (tertiary/aromatic N) is 1. The molecule has 3 aromatic carbocycles. The van der Waals surface area contributed by atoms with Crippen LogP contribution in [-0.4, -0.2) is 33.2 Å². The standard InChI is InChI=1S/C29H31Cl2NO4/c1-18(19-6-11-22(30)12-7-19)32-26(33)24-16-21(28(4,5)35)10-15-25(24)29(32,36-17-27(2,3)34)20-8-13-23(31)14-9-20/h6-16,18,34-35H,17H2,1-5H3/t18-,29+/m0/s1. The Labute approximate surface area is 222 Å². The van der Waals surface area contributed by atoms with Crippen LogP contribution < -0.4 is 0 Å². The summed E-state index contributed by atoms with van der Waals surface area (Å²) in [4.78, 5) is 15.9. The Kier molecular flexibility index (Phi) is 7.01. The Morgan fingerprint density at radius 3 is 2.00 bits per heavy atom. The Bertz CT molecular complexity index is 1260. The van der Waals surface area contributed by atoms with Gasteiger partial charge in [0, 0.05) is 26.7 Å². The number of amides is 1. The van der Waals surface area contributed by atoms with E-state index in [2.05, 4.69) is 0 Å². The summed E-state index contributed by atoms with van der Waals surface area (Å²) in [5, 5.41) is 22.4. The molecular weight excluding hydrogens is 497 g/mol. The number of rotatable bonds is 7. The first-order valence-electron chi connectivity index (χ1n) is 11.8. The van der Waals surface area contributed by atoms with E-state index in [1.165, 1.54) is 0 Å². The summed E-state index contributed by atoms with van der Waals surface area (Å²) < 4.78 is 6.61. The molecule has 0 radical (unpaired) electrons. The highest BCUT2D eigenvalue weighted by molar-refractivity contribution is 6.30. The number of benzene rings is 3. The molecule has 3 aromatic rings. The van der Waals surface area contributed by atoms with Gasteiger partial charge in [0.1, 0.15) is 0 Å². The molecular formula is C29H31Cl2NO4. The van der Waals surface area contributed by atoms with E-state index in [9.17, 15) is 15.0 Å². The van der Waals surface area contributed by atoms with Crippen LogP contribution in [0.15, 0.2) is 66.7 Å². The number of halogens is 2. The van der Waals surface area contributed by atoms with Crippen LogP contribution in [0.2, 0.25) is 10.0 Å². The van der Waals surface area contributed by atoms with E-state index in [0.29, 0.717) is 32.3 Å². The van der Waals surface area contributed by atoms with Gasteiger partial charge in [0.15, 0.2) is 5.72 Å². The topological polar surface area (TPSA) is 70.0 Å². The van der Waals surface area contributed by atoms with Gasteiger partial charge in [0.05, 0.1) is 23.9 Å². The van der Waals surface area contributed by atoms with E-state index in [0.717, 1.165) is 5.56 Å². The largest absolute Gasteiger partial charge is 0.388 e. The summed E-state index contributed by atoms with van der Waals surface area (Å²) in [6.45, 7) is 8.57. The Hall–Kier alpha value is -2.41. The van der Waals surface area contributed by atoms with E-state index < -0.39 is 23.0 Å². The molecule has 4 rings (SSSR count). The maximum atomic E-state index is 14.2. The van der Waals surface area contributed by atoms with Gasteiger partial charge in [0.25, 0.3) is 5.91 Å². The summed E-state index contributed by atoms with van der Waals surface area (Å²) in [6, 6.07) is 19.5. The molecule has 0 saturated heterocycles. The van der Waals surface area contributed by atoms with Crippen molar-refractivity contribution in [1.29, 1.82) is 0 Å². The zero-order valence-electron chi connectivity index (χ0n) is 21.0.